The number of carboxylic acids is 1. The van der Waals surface area contributed by atoms with Crippen LogP contribution < -0.4 is 9.47 Å². The Kier molecular flexibility index (Phi) is 2.89. The van der Waals surface area contributed by atoms with Gasteiger partial charge in [-0.3, -0.25) is 0 Å². The van der Waals surface area contributed by atoms with Crippen LogP contribution in [0.3, 0.4) is 0 Å². The summed E-state index contributed by atoms with van der Waals surface area (Å²) in [5.74, 6) is 0.483. The number of aromatic nitrogens is 1. The Hall–Kier alpha value is -2.43. The van der Waals surface area contributed by atoms with Crippen LogP contribution in [-0.4, -0.2) is 28.9 Å². The first-order chi connectivity index (χ1) is 9.58. The monoisotopic (exact) mass is 273 g/mol. The maximum atomic E-state index is 10.7. The van der Waals surface area contributed by atoms with E-state index in [-0.39, 0.29) is 0 Å². The highest BCUT2D eigenvalue weighted by Crippen LogP contribution is 2.37. The molecule has 0 bridgehead atoms. The number of benzene rings is 1. The number of ether oxygens (including phenoxy) is 2. The summed E-state index contributed by atoms with van der Waals surface area (Å²) in [7, 11) is 1.95. The number of hydrogen-bond donors (Lipinski definition) is 1. The van der Waals surface area contributed by atoms with Crippen molar-refractivity contribution in [1.82, 2.24) is 4.57 Å². The topological polar surface area (TPSA) is 60.7 Å². The van der Waals surface area contributed by atoms with Crippen LogP contribution in [0.15, 0.2) is 18.2 Å². The van der Waals surface area contributed by atoms with Gasteiger partial charge in [0.25, 0.3) is 0 Å². The molecule has 1 N–H and O–H groups in total. The highest BCUT2D eigenvalue weighted by Gasteiger charge is 2.17. The Morgan fingerprint density at radius 2 is 1.95 bits per heavy atom. The minimum absolute atomic E-state index is 0.532. The molecule has 104 valence electrons. The molecule has 0 atom stereocenters. The summed E-state index contributed by atoms with van der Waals surface area (Å²) in [5, 5.41) is 9.76. The average Bonchev–Trinajstić information content (AvgIpc) is 2.66. The van der Waals surface area contributed by atoms with E-state index >= 15 is 0 Å². The predicted molar refractivity (Wildman–Crippen MR) is 75.3 cm³/mol. The summed E-state index contributed by atoms with van der Waals surface area (Å²) < 4.78 is 13.2. The van der Waals surface area contributed by atoms with Crippen molar-refractivity contribution in [2.75, 3.05) is 13.2 Å². The molecular formula is C15H15NO4. The number of hydrogen-bond acceptors (Lipinski definition) is 3. The smallest absolute Gasteiger partial charge is 0.328 e. The lowest BCUT2D eigenvalue weighted by molar-refractivity contribution is -0.131. The lowest BCUT2D eigenvalue weighted by Crippen LogP contribution is -2.15. The first kappa shape index (κ1) is 12.6. The molecule has 20 heavy (non-hydrogen) atoms. The van der Waals surface area contributed by atoms with Gasteiger partial charge in [-0.2, -0.15) is 0 Å². The average molecular weight is 273 g/mol. The number of carbonyl (C=O) groups is 1. The fourth-order valence-electron chi connectivity index (χ4n) is 2.49. The van der Waals surface area contributed by atoms with Gasteiger partial charge in [-0.25, -0.2) is 4.79 Å². The molecule has 1 aliphatic heterocycles. The second-order valence-corrected chi connectivity index (χ2v) is 4.74. The number of fused-ring (bicyclic) bond motifs is 2. The molecule has 0 aliphatic carbocycles. The van der Waals surface area contributed by atoms with E-state index in [0.29, 0.717) is 19.0 Å². The largest absolute Gasteiger partial charge is 0.486 e. The third kappa shape index (κ3) is 1.91. The van der Waals surface area contributed by atoms with Gasteiger partial charge in [-0.15, -0.1) is 0 Å². The van der Waals surface area contributed by atoms with Gasteiger partial charge in [0, 0.05) is 35.8 Å². The number of nitrogens with zero attached hydrogens (tertiary/aromatic N) is 1. The first-order valence-corrected chi connectivity index (χ1v) is 6.37. The molecule has 2 heterocycles. The highest BCUT2D eigenvalue weighted by atomic mass is 16.6. The summed E-state index contributed by atoms with van der Waals surface area (Å²) in [4.78, 5) is 10.7. The summed E-state index contributed by atoms with van der Waals surface area (Å²) in [6, 6.07) is 3.85. The molecule has 2 aromatic rings. The standard InChI is InChI=1S/C15H15NO4/c1-9-10(3-4-15(17)18)11-7-13-14(20-6-5-19-13)8-12(11)16(9)2/h3-4,7-8H,5-6H2,1-2H3,(H,17,18)/b4-3+. The van der Waals surface area contributed by atoms with E-state index in [2.05, 4.69) is 0 Å². The third-order valence-electron chi connectivity index (χ3n) is 3.60. The Morgan fingerprint density at radius 1 is 1.30 bits per heavy atom. The van der Waals surface area contributed by atoms with Crippen molar-refractivity contribution < 1.29 is 19.4 Å². The third-order valence-corrected chi connectivity index (χ3v) is 3.60. The van der Waals surface area contributed by atoms with Crippen LogP contribution in [0.4, 0.5) is 0 Å². The molecule has 0 saturated heterocycles. The molecule has 0 radical (unpaired) electrons. The molecule has 5 nitrogen and oxygen atoms in total. The molecule has 0 amide bonds. The molecule has 3 rings (SSSR count). The van der Waals surface area contributed by atoms with Crippen molar-refractivity contribution in [3.05, 3.63) is 29.5 Å². The maximum Gasteiger partial charge on any atom is 0.328 e. The van der Waals surface area contributed by atoms with Crippen LogP contribution in [0.5, 0.6) is 11.5 Å². The number of aliphatic carboxylic acids is 1. The SMILES string of the molecule is Cc1c(/C=C/C(=O)O)c2cc3c(cc2n1C)OCCO3. The summed E-state index contributed by atoms with van der Waals surface area (Å²) >= 11 is 0. The Labute approximate surface area is 116 Å². The fraction of sp³-hybridized carbons (Fsp3) is 0.267. The normalized spacial score (nSPS) is 14.1. The number of rotatable bonds is 2. The van der Waals surface area contributed by atoms with E-state index in [1.165, 1.54) is 0 Å². The first-order valence-electron chi connectivity index (χ1n) is 6.37. The maximum absolute atomic E-state index is 10.7. The van der Waals surface area contributed by atoms with Crippen LogP contribution in [0, 0.1) is 6.92 Å². The highest BCUT2D eigenvalue weighted by molar-refractivity contribution is 5.96. The van der Waals surface area contributed by atoms with E-state index in [1.54, 1.807) is 6.08 Å². The summed E-state index contributed by atoms with van der Waals surface area (Å²) in [6.07, 6.45) is 2.77. The molecule has 0 spiro atoms. The molecule has 0 fully saturated rings. The molecule has 1 aromatic carbocycles. The van der Waals surface area contributed by atoms with Gasteiger partial charge in [-0.05, 0) is 19.1 Å². The van der Waals surface area contributed by atoms with Crippen LogP contribution >= 0.6 is 0 Å². The van der Waals surface area contributed by atoms with Crippen molar-refractivity contribution in [1.29, 1.82) is 0 Å². The minimum atomic E-state index is -0.959. The zero-order chi connectivity index (χ0) is 14.3. The zero-order valence-corrected chi connectivity index (χ0v) is 11.3. The van der Waals surface area contributed by atoms with Gasteiger partial charge in [0.05, 0.1) is 5.52 Å². The van der Waals surface area contributed by atoms with E-state index in [0.717, 1.165) is 34.0 Å². The van der Waals surface area contributed by atoms with Gasteiger partial charge >= 0.3 is 5.97 Å². The van der Waals surface area contributed by atoms with Crippen molar-refractivity contribution in [2.45, 2.75) is 6.92 Å². The molecule has 0 unspecified atom stereocenters. The van der Waals surface area contributed by atoms with E-state index < -0.39 is 5.97 Å². The van der Waals surface area contributed by atoms with Crippen LogP contribution in [0.2, 0.25) is 0 Å². The Bertz CT molecular complexity index is 727. The quantitative estimate of drug-likeness (QED) is 0.853. The van der Waals surface area contributed by atoms with Gasteiger partial charge in [0.15, 0.2) is 11.5 Å². The molecular weight excluding hydrogens is 258 g/mol. The Balaban J connectivity index is 2.24. The van der Waals surface area contributed by atoms with Crippen molar-refractivity contribution in [3.8, 4) is 11.5 Å². The van der Waals surface area contributed by atoms with Crippen molar-refractivity contribution >= 4 is 22.9 Å². The van der Waals surface area contributed by atoms with Gasteiger partial charge < -0.3 is 19.1 Å². The van der Waals surface area contributed by atoms with Crippen LogP contribution in [0.1, 0.15) is 11.3 Å². The van der Waals surface area contributed by atoms with E-state index in [4.69, 9.17) is 14.6 Å². The zero-order valence-electron chi connectivity index (χ0n) is 11.3. The van der Waals surface area contributed by atoms with Gasteiger partial charge in [0.1, 0.15) is 13.2 Å². The molecule has 1 aromatic heterocycles. The van der Waals surface area contributed by atoms with Gasteiger partial charge in [0.2, 0.25) is 0 Å². The second-order valence-electron chi connectivity index (χ2n) is 4.74. The molecule has 0 saturated carbocycles. The summed E-state index contributed by atoms with van der Waals surface area (Å²) in [5.41, 5.74) is 2.89. The lowest BCUT2D eigenvalue weighted by atomic mass is 10.1. The number of carboxylic acid groups (broad SMARTS) is 1. The lowest BCUT2D eigenvalue weighted by Gasteiger charge is -2.18. The Morgan fingerprint density at radius 3 is 2.60 bits per heavy atom. The number of aryl methyl sites for hydroxylation is 1. The second kappa shape index (κ2) is 4.59. The molecule has 5 heteroatoms. The van der Waals surface area contributed by atoms with E-state index in [1.807, 2.05) is 30.7 Å². The van der Waals surface area contributed by atoms with E-state index in [9.17, 15) is 4.79 Å². The minimum Gasteiger partial charge on any atom is -0.486 e. The summed E-state index contributed by atoms with van der Waals surface area (Å²) in [6.45, 7) is 3.04. The van der Waals surface area contributed by atoms with Crippen LogP contribution in [0.25, 0.3) is 17.0 Å². The van der Waals surface area contributed by atoms with Crippen LogP contribution in [-0.2, 0) is 11.8 Å². The molecule has 1 aliphatic rings. The van der Waals surface area contributed by atoms with Gasteiger partial charge in [-0.1, -0.05) is 0 Å². The fourth-order valence-corrected chi connectivity index (χ4v) is 2.49. The van der Waals surface area contributed by atoms with Crippen molar-refractivity contribution in [3.63, 3.8) is 0 Å². The van der Waals surface area contributed by atoms with Crippen molar-refractivity contribution in [2.24, 2.45) is 7.05 Å². The predicted octanol–water partition coefficient (Wildman–Crippen LogP) is 2.36.